The first-order chi connectivity index (χ1) is 6.74. The van der Waals surface area contributed by atoms with Crippen LogP contribution < -0.4 is 5.73 Å². The maximum Gasteiger partial charge on any atom is 0.0717 e. The predicted molar refractivity (Wildman–Crippen MR) is 63.5 cm³/mol. The molecule has 1 aromatic carbocycles. The summed E-state index contributed by atoms with van der Waals surface area (Å²) in [5, 5.41) is 8.30. The van der Waals surface area contributed by atoms with Gasteiger partial charge in [0.15, 0.2) is 0 Å². The first kappa shape index (κ1) is 11.3. The number of anilines is 1. The highest BCUT2D eigenvalue weighted by molar-refractivity contribution is 14.1. The summed E-state index contributed by atoms with van der Waals surface area (Å²) in [5.41, 5.74) is 7.54. The van der Waals surface area contributed by atoms with Crippen LogP contribution in [0.1, 0.15) is 12.0 Å². The molecule has 0 aliphatic rings. The number of ether oxygens (including phenoxy) is 1. The number of hydrogen-bond donors (Lipinski definition) is 1. The third-order valence-corrected chi connectivity index (χ3v) is 2.63. The minimum Gasteiger partial charge on any atom is -0.398 e. The fourth-order valence-corrected chi connectivity index (χ4v) is 1.55. The summed E-state index contributed by atoms with van der Waals surface area (Å²) in [6.07, 6.45) is 0.437. The molecule has 3 nitrogen and oxygen atoms in total. The third kappa shape index (κ3) is 3.52. The van der Waals surface area contributed by atoms with Crippen LogP contribution in [-0.4, -0.2) is 6.61 Å². The van der Waals surface area contributed by atoms with Crippen LogP contribution in [0, 0.1) is 14.9 Å². The van der Waals surface area contributed by atoms with Gasteiger partial charge in [0.1, 0.15) is 0 Å². The van der Waals surface area contributed by atoms with Crippen molar-refractivity contribution >= 4 is 28.3 Å². The van der Waals surface area contributed by atoms with Gasteiger partial charge >= 0.3 is 0 Å². The van der Waals surface area contributed by atoms with Gasteiger partial charge in [-0.05, 0) is 40.3 Å². The van der Waals surface area contributed by atoms with E-state index in [0.29, 0.717) is 19.6 Å². The second-order valence-corrected chi connectivity index (χ2v) is 3.98. The highest BCUT2D eigenvalue weighted by atomic mass is 127. The molecule has 0 amide bonds. The Balaban J connectivity index is 2.44. The summed E-state index contributed by atoms with van der Waals surface area (Å²) in [4.78, 5) is 0. The molecular weight excluding hydrogens is 291 g/mol. The van der Waals surface area contributed by atoms with Crippen molar-refractivity contribution in [1.29, 1.82) is 5.26 Å². The summed E-state index contributed by atoms with van der Waals surface area (Å²) in [5.74, 6) is 0. The molecule has 0 aromatic heterocycles. The van der Waals surface area contributed by atoms with Gasteiger partial charge in [0.2, 0.25) is 0 Å². The van der Waals surface area contributed by atoms with Gasteiger partial charge in [-0.2, -0.15) is 5.26 Å². The zero-order valence-electron chi connectivity index (χ0n) is 7.66. The summed E-state index contributed by atoms with van der Waals surface area (Å²) in [6, 6.07) is 7.82. The minimum absolute atomic E-state index is 0.437. The molecule has 0 bridgehead atoms. The van der Waals surface area contributed by atoms with Crippen molar-refractivity contribution in [2.24, 2.45) is 0 Å². The maximum atomic E-state index is 8.30. The van der Waals surface area contributed by atoms with Crippen molar-refractivity contribution in [3.8, 4) is 6.07 Å². The Morgan fingerprint density at radius 1 is 1.50 bits per heavy atom. The molecule has 1 aromatic rings. The quantitative estimate of drug-likeness (QED) is 0.527. The van der Waals surface area contributed by atoms with E-state index in [1.165, 1.54) is 0 Å². The van der Waals surface area contributed by atoms with E-state index >= 15 is 0 Å². The van der Waals surface area contributed by atoms with Crippen molar-refractivity contribution in [3.05, 3.63) is 27.3 Å². The van der Waals surface area contributed by atoms with Crippen molar-refractivity contribution in [1.82, 2.24) is 0 Å². The van der Waals surface area contributed by atoms with Crippen LogP contribution in [0.2, 0.25) is 0 Å². The molecule has 0 radical (unpaired) electrons. The molecule has 0 saturated carbocycles. The van der Waals surface area contributed by atoms with Gasteiger partial charge in [0, 0.05) is 9.26 Å². The molecule has 0 aliphatic heterocycles. The number of benzene rings is 1. The van der Waals surface area contributed by atoms with Crippen molar-refractivity contribution in [2.45, 2.75) is 13.0 Å². The molecule has 0 spiro atoms. The highest BCUT2D eigenvalue weighted by Crippen LogP contribution is 2.16. The van der Waals surface area contributed by atoms with E-state index in [1.54, 1.807) is 0 Å². The van der Waals surface area contributed by atoms with Gasteiger partial charge in [-0.3, -0.25) is 0 Å². The molecule has 14 heavy (non-hydrogen) atoms. The first-order valence-electron chi connectivity index (χ1n) is 4.22. The Labute approximate surface area is 97.0 Å². The molecule has 1 rings (SSSR count). The van der Waals surface area contributed by atoms with Crippen molar-refractivity contribution < 1.29 is 4.74 Å². The van der Waals surface area contributed by atoms with E-state index < -0.39 is 0 Å². The minimum atomic E-state index is 0.437. The van der Waals surface area contributed by atoms with Crippen LogP contribution in [0.25, 0.3) is 0 Å². The molecule has 0 fully saturated rings. The molecule has 0 atom stereocenters. The topological polar surface area (TPSA) is 59.0 Å². The molecule has 74 valence electrons. The lowest BCUT2D eigenvalue weighted by molar-refractivity contribution is 0.126. The monoisotopic (exact) mass is 302 g/mol. The van der Waals surface area contributed by atoms with Crippen LogP contribution in [0.5, 0.6) is 0 Å². The van der Waals surface area contributed by atoms with Crippen molar-refractivity contribution in [2.75, 3.05) is 12.3 Å². The average Bonchev–Trinajstić information content (AvgIpc) is 2.18. The van der Waals surface area contributed by atoms with Crippen molar-refractivity contribution in [3.63, 3.8) is 0 Å². The number of halogens is 1. The van der Waals surface area contributed by atoms with Crippen LogP contribution in [-0.2, 0) is 11.3 Å². The van der Waals surface area contributed by atoms with E-state index in [2.05, 4.69) is 22.6 Å². The number of hydrogen-bond acceptors (Lipinski definition) is 3. The number of rotatable bonds is 4. The Morgan fingerprint density at radius 2 is 2.29 bits per heavy atom. The fourth-order valence-electron chi connectivity index (χ4n) is 0.968. The Kier molecular flexibility index (Phi) is 4.70. The zero-order chi connectivity index (χ0) is 10.4. The van der Waals surface area contributed by atoms with Gasteiger partial charge in [0.05, 0.1) is 25.7 Å². The van der Waals surface area contributed by atoms with E-state index in [9.17, 15) is 0 Å². The van der Waals surface area contributed by atoms with Gasteiger partial charge < -0.3 is 10.5 Å². The Morgan fingerprint density at radius 3 is 2.93 bits per heavy atom. The predicted octanol–water partition coefficient (Wildman–Crippen LogP) is 2.30. The number of nitriles is 1. The Hall–Kier alpha value is -0.800. The lowest BCUT2D eigenvalue weighted by atomic mass is 10.2. The summed E-state index contributed by atoms with van der Waals surface area (Å²) < 4.78 is 6.32. The summed E-state index contributed by atoms with van der Waals surface area (Å²) in [7, 11) is 0. The van der Waals surface area contributed by atoms with Gasteiger partial charge in [-0.25, -0.2) is 0 Å². The van der Waals surface area contributed by atoms with Crippen LogP contribution >= 0.6 is 22.6 Å². The average molecular weight is 302 g/mol. The lowest BCUT2D eigenvalue weighted by Gasteiger charge is -2.04. The second kappa shape index (κ2) is 5.83. The smallest absolute Gasteiger partial charge is 0.0717 e. The van der Waals surface area contributed by atoms with Gasteiger partial charge in [-0.15, -0.1) is 0 Å². The van der Waals surface area contributed by atoms with Gasteiger partial charge in [-0.1, -0.05) is 6.07 Å². The van der Waals surface area contributed by atoms with Crippen LogP contribution in [0.3, 0.4) is 0 Å². The van der Waals surface area contributed by atoms with Gasteiger partial charge in [0.25, 0.3) is 0 Å². The van der Waals surface area contributed by atoms with E-state index in [1.807, 2.05) is 24.3 Å². The van der Waals surface area contributed by atoms with E-state index in [-0.39, 0.29) is 0 Å². The number of nitrogen functional groups attached to an aromatic ring is 1. The summed E-state index contributed by atoms with van der Waals surface area (Å²) in [6.45, 7) is 1.02. The molecule has 0 aliphatic carbocycles. The van der Waals surface area contributed by atoms with Crippen LogP contribution in [0.4, 0.5) is 5.69 Å². The lowest BCUT2D eigenvalue weighted by Crippen LogP contribution is -1.96. The van der Waals surface area contributed by atoms with E-state index in [4.69, 9.17) is 15.7 Å². The molecular formula is C10H11IN2O. The molecule has 0 saturated heterocycles. The largest absolute Gasteiger partial charge is 0.398 e. The van der Waals surface area contributed by atoms with E-state index in [0.717, 1.165) is 14.8 Å². The normalized spacial score (nSPS) is 9.71. The number of nitrogens with two attached hydrogens (primary N) is 1. The maximum absolute atomic E-state index is 8.30. The third-order valence-electron chi connectivity index (χ3n) is 1.69. The molecule has 0 unspecified atom stereocenters. The molecule has 4 heteroatoms. The second-order valence-electron chi connectivity index (χ2n) is 2.82. The van der Waals surface area contributed by atoms with Crippen LogP contribution in [0.15, 0.2) is 18.2 Å². The standard InChI is InChI=1S/C10H11IN2O/c11-9-6-8(2-3-10(9)13)7-14-5-1-4-12/h2-3,6H,1,5,7,13H2. The number of nitrogens with zero attached hydrogens (tertiary/aromatic N) is 1. The summed E-state index contributed by atoms with van der Waals surface area (Å²) >= 11 is 2.19. The SMILES string of the molecule is N#CCCOCc1ccc(N)c(I)c1. The highest BCUT2D eigenvalue weighted by Gasteiger charge is 1.97. The molecule has 2 N–H and O–H groups in total. The Bertz CT molecular complexity index is 346. The molecule has 0 heterocycles. The fraction of sp³-hybridized carbons (Fsp3) is 0.300. The zero-order valence-corrected chi connectivity index (χ0v) is 9.82. The first-order valence-corrected chi connectivity index (χ1v) is 5.30.